The standard InChI is InChI=1S/C7H12/c1-7(2)5-3-4-6-7/h3-4H,5-6H2,1-2H3. The highest BCUT2D eigenvalue weighted by Gasteiger charge is 2.17. The molecule has 0 radical (unpaired) electrons. The van der Waals surface area contributed by atoms with Crippen molar-refractivity contribution < 1.29 is 0 Å². The Balaban J connectivity index is 2.49. The summed E-state index contributed by atoms with van der Waals surface area (Å²) in [4.78, 5) is 0. The molecule has 40 valence electrons. The van der Waals surface area contributed by atoms with Crippen molar-refractivity contribution in [3.05, 3.63) is 12.2 Å². The fourth-order valence-corrected chi connectivity index (χ4v) is 0.888. The maximum Gasteiger partial charge on any atom is -0.0285 e. The van der Waals surface area contributed by atoms with Gasteiger partial charge in [0, 0.05) is 0 Å². The Bertz CT molecular complexity index is 78.2. The molecule has 0 saturated carbocycles. The van der Waals surface area contributed by atoms with Crippen molar-refractivity contribution in [2.75, 3.05) is 0 Å². The van der Waals surface area contributed by atoms with Crippen molar-refractivity contribution in [2.24, 2.45) is 5.41 Å². The summed E-state index contributed by atoms with van der Waals surface area (Å²) in [6, 6.07) is 0. The molecule has 0 N–H and O–H groups in total. The van der Waals surface area contributed by atoms with Crippen molar-refractivity contribution in [3.8, 4) is 0 Å². The smallest absolute Gasteiger partial charge is 0.0285 e. The lowest BCUT2D eigenvalue weighted by Crippen LogP contribution is -2.02. The third kappa shape index (κ3) is 1.05. The van der Waals surface area contributed by atoms with Gasteiger partial charge in [0.25, 0.3) is 0 Å². The quantitative estimate of drug-likeness (QED) is 0.406. The molecule has 0 heterocycles. The monoisotopic (exact) mass is 96.1 g/mol. The number of rotatable bonds is 0. The number of hydrogen-bond donors (Lipinski definition) is 0. The third-order valence-corrected chi connectivity index (χ3v) is 1.51. The first-order valence-corrected chi connectivity index (χ1v) is 2.86. The maximum absolute atomic E-state index is 2.30. The van der Waals surface area contributed by atoms with Crippen LogP contribution in [-0.2, 0) is 0 Å². The molecule has 0 fully saturated rings. The Kier molecular flexibility index (Phi) is 0.949. The molecule has 0 unspecified atom stereocenters. The summed E-state index contributed by atoms with van der Waals surface area (Å²) in [5.41, 5.74) is 0.583. The van der Waals surface area contributed by atoms with Crippen LogP contribution in [0.4, 0.5) is 0 Å². The summed E-state index contributed by atoms with van der Waals surface area (Å²) in [6.45, 7) is 4.60. The molecule has 0 aromatic carbocycles. The van der Waals surface area contributed by atoms with Gasteiger partial charge in [0.15, 0.2) is 0 Å². The summed E-state index contributed by atoms with van der Waals surface area (Å²) in [5.74, 6) is 0. The van der Waals surface area contributed by atoms with Crippen LogP contribution in [0.2, 0.25) is 0 Å². The molecule has 0 aromatic heterocycles. The van der Waals surface area contributed by atoms with Gasteiger partial charge in [-0.2, -0.15) is 0 Å². The second-order valence-electron chi connectivity index (χ2n) is 3.04. The molecule has 0 amide bonds. The van der Waals surface area contributed by atoms with Crippen LogP contribution < -0.4 is 0 Å². The van der Waals surface area contributed by atoms with E-state index in [9.17, 15) is 0 Å². The van der Waals surface area contributed by atoms with Crippen molar-refractivity contribution in [1.82, 2.24) is 0 Å². The van der Waals surface area contributed by atoms with Crippen LogP contribution in [0, 0.1) is 5.41 Å². The van der Waals surface area contributed by atoms with Crippen LogP contribution in [0.1, 0.15) is 26.7 Å². The molecular weight excluding hydrogens is 84.1 g/mol. The minimum Gasteiger partial charge on any atom is -0.0880 e. The average Bonchev–Trinajstić information content (AvgIpc) is 1.84. The average molecular weight is 96.2 g/mol. The summed E-state index contributed by atoms with van der Waals surface area (Å²) in [6.07, 6.45) is 7.07. The van der Waals surface area contributed by atoms with Crippen LogP contribution >= 0.6 is 0 Å². The van der Waals surface area contributed by atoms with Crippen molar-refractivity contribution in [1.29, 1.82) is 0 Å². The van der Waals surface area contributed by atoms with E-state index in [1.54, 1.807) is 0 Å². The SMILES string of the molecule is CC1(C)CC=CC1. The van der Waals surface area contributed by atoms with Gasteiger partial charge in [0.05, 0.1) is 0 Å². The highest BCUT2D eigenvalue weighted by molar-refractivity contribution is 4.98. The molecule has 7 heavy (non-hydrogen) atoms. The molecule has 0 aromatic rings. The van der Waals surface area contributed by atoms with E-state index in [4.69, 9.17) is 0 Å². The Morgan fingerprint density at radius 1 is 1.14 bits per heavy atom. The van der Waals surface area contributed by atoms with Crippen LogP contribution in [0.25, 0.3) is 0 Å². The predicted octanol–water partition coefficient (Wildman–Crippen LogP) is 2.36. The summed E-state index contributed by atoms with van der Waals surface area (Å²) in [5, 5.41) is 0. The van der Waals surface area contributed by atoms with Gasteiger partial charge in [-0.3, -0.25) is 0 Å². The van der Waals surface area contributed by atoms with Crippen LogP contribution in [0.5, 0.6) is 0 Å². The van der Waals surface area contributed by atoms with Gasteiger partial charge in [0.2, 0.25) is 0 Å². The van der Waals surface area contributed by atoms with E-state index >= 15 is 0 Å². The largest absolute Gasteiger partial charge is 0.0880 e. The van der Waals surface area contributed by atoms with Gasteiger partial charge in [0.1, 0.15) is 0 Å². The van der Waals surface area contributed by atoms with Gasteiger partial charge in [-0.1, -0.05) is 26.0 Å². The first-order valence-electron chi connectivity index (χ1n) is 2.86. The zero-order chi connectivity index (χ0) is 5.33. The molecule has 0 spiro atoms. The Morgan fingerprint density at radius 3 is 1.71 bits per heavy atom. The van der Waals surface area contributed by atoms with E-state index in [1.807, 2.05) is 0 Å². The van der Waals surface area contributed by atoms with E-state index < -0.39 is 0 Å². The topological polar surface area (TPSA) is 0 Å². The number of hydrogen-bond acceptors (Lipinski definition) is 0. The lowest BCUT2D eigenvalue weighted by Gasteiger charge is -2.14. The van der Waals surface area contributed by atoms with Gasteiger partial charge in [-0.15, -0.1) is 0 Å². The molecule has 1 aliphatic carbocycles. The van der Waals surface area contributed by atoms with E-state index in [1.165, 1.54) is 12.8 Å². The summed E-state index contributed by atoms with van der Waals surface area (Å²) in [7, 11) is 0. The van der Waals surface area contributed by atoms with Crippen molar-refractivity contribution in [2.45, 2.75) is 26.7 Å². The van der Waals surface area contributed by atoms with Gasteiger partial charge < -0.3 is 0 Å². The van der Waals surface area contributed by atoms with Crippen LogP contribution in [0.15, 0.2) is 12.2 Å². The molecule has 1 rings (SSSR count). The molecule has 0 nitrogen and oxygen atoms in total. The highest BCUT2D eigenvalue weighted by Crippen LogP contribution is 2.30. The van der Waals surface area contributed by atoms with Crippen LogP contribution in [0.3, 0.4) is 0 Å². The Hall–Kier alpha value is -0.260. The number of allylic oxidation sites excluding steroid dienone is 2. The highest BCUT2D eigenvalue weighted by atomic mass is 14.2. The first kappa shape index (κ1) is 4.89. The summed E-state index contributed by atoms with van der Waals surface area (Å²) >= 11 is 0. The molecule has 1 aliphatic rings. The molecular formula is C7H12. The maximum atomic E-state index is 2.30. The fourth-order valence-electron chi connectivity index (χ4n) is 0.888. The van der Waals surface area contributed by atoms with Crippen molar-refractivity contribution >= 4 is 0 Å². The summed E-state index contributed by atoms with van der Waals surface area (Å²) < 4.78 is 0. The second-order valence-corrected chi connectivity index (χ2v) is 3.04. The van der Waals surface area contributed by atoms with Crippen LogP contribution in [-0.4, -0.2) is 0 Å². The Labute approximate surface area is 45.2 Å². The van der Waals surface area contributed by atoms with E-state index in [0.717, 1.165) is 0 Å². The lowest BCUT2D eigenvalue weighted by atomic mass is 9.91. The zero-order valence-corrected chi connectivity index (χ0v) is 5.07. The molecule has 0 saturated heterocycles. The molecule has 0 aliphatic heterocycles. The molecule has 0 heteroatoms. The normalized spacial score (nSPS) is 26.0. The first-order chi connectivity index (χ1) is 3.21. The van der Waals surface area contributed by atoms with E-state index in [2.05, 4.69) is 26.0 Å². The van der Waals surface area contributed by atoms with Gasteiger partial charge in [-0.25, -0.2) is 0 Å². The minimum atomic E-state index is 0.583. The minimum absolute atomic E-state index is 0.583. The predicted molar refractivity (Wildman–Crippen MR) is 32.2 cm³/mol. The second kappa shape index (κ2) is 1.36. The third-order valence-electron chi connectivity index (χ3n) is 1.51. The van der Waals surface area contributed by atoms with E-state index in [-0.39, 0.29) is 0 Å². The molecule has 0 bridgehead atoms. The van der Waals surface area contributed by atoms with Crippen molar-refractivity contribution in [3.63, 3.8) is 0 Å². The fraction of sp³-hybridized carbons (Fsp3) is 0.714. The zero-order valence-electron chi connectivity index (χ0n) is 5.07. The van der Waals surface area contributed by atoms with Gasteiger partial charge >= 0.3 is 0 Å². The Morgan fingerprint density at radius 2 is 1.57 bits per heavy atom. The lowest BCUT2D eigenvalue weighted by molar-refractivity contribution is 0.399. The van der Waals surface area contributed by atoms with Gasteiger partial charge in [-0.05, 0) is 18.3 Å². The van der Waals surface area contributed by atoms with E-state index in [0.29, 0.717) is 5.41 Å². The molecule has 0 atom stereocenters.